The van der Waals surface area contributed by atoms with Crippen molar-refractivity contribution >= 4 is 39.9 Å². The van der Waals surface area contributed by atoms with Crippen molar-refractivity contribution in [1.82, 2.24) is 4.98 Å². The van der Waals surface area contributed by atoms with Gasteiger partial charge in [-0.15, -0.1) is 0 Å². The molecule has 0 aliphatic rings. The van der Waals surface area contributed by atoms with Crippen molar-refractivity contribution in [2.75, 3.05) is 12.3 Å². The number of esters is 1. The Hall–Kier alpha value is -2.79. The van der Waals surface area contributed by atoms with Gasteiger partial charge in [-0.2, -0.15) is 0 Å². The van der Waals surface area contributed by atoms with Gasteiger partial charge in [0, 0.05) is 22.7 Å². The van der Waals surface area contributed by atoms with Gasteiger partial charge in [-0.1, -0.05) is 29.8 Å². The minimum atomic E-state index is -0.624. The average Bonchev–Trinajstić information content (AvgIpc) is 2.99. The smallest absolute Gasteiger partial charge is 0.338 e. The molecule has 0 aliphatic carbocycles. The van der Waals surface area contributed by atoms with E-state index in [1.54, 1.807) is 6.20 Å². The van der Waals surface area contributed by atoms with Crippen LogP contribution in [-0.2, 0) is 4.74 Å². The highest BCUT2D eigenvalue weighted by atomic mass is 35.5. The first-order valence-corrected chi connectivity index (χ1v) is 7.25. The molecule has 2 aromatic carbocycles. The van der Waals surface area contributed by atoms with E-state index in [0.29, 0.717) is 10.6 Å². The standard InChI is InChI=1S/C17H13ClN2O3/c18-13-6-5-10(7-14(13)19)17(22)23-9-16(21)12-8-20-15-4-2-1-3-11(12)15/h1-8,20H,9,19H2. The summed E-state index contributed by atoms with van der Waals surface area (Å²) in [5.41, 5.74) is 7.52. The maximum absolute atomic E-state index is 12.2. The van der Waals surface area contributed by atoms with Crippen LogP contribution in [0.15, 0.2) is 48.7 Å². The van der Waals surface area contributed by atoms with Crippen molar-refractivity contribution in [3.63, 3.8) is 0 Å². The Kier molecular flexibility index (Phi) is 4.04. The van der Waals surface area contributed by atoms with Gasteiger partial charge in [-0.3, -0.25) is 4.79 Å². The number of nitrogens with one attached hydrogen (secondary N) is 1. The number of rotatable bonds is 4. The highest BCUT2D eigenvalue weighted by Gasteiger charge is 2.15. The van der Waals surface area contributed by atoms with Gasteiger partial charge < -0.3 is 15.5 Å². The number of para-hydroxylation sites is 1. The third-order valence-electron chi connectivity index (χ3n) is 3.46. The summed E-state index contributed by atoms with van der Waals surface area (Å²) < 4.78 is 5.06. The monoisotopic (exact) mass is 328 g/mol. The number of hydrogen-bond donors (Lipinski definition) is 2. The minimum absolute atomic E-state index is 0.249. The van der Waals surface area contributed by atoms with Gasteiger partial charge in [0.2, 0.25) is 5.78 Å². The first-order chi connectivity index (χ1) is 11.1. The molecule has 0 radical (unpaired) electrons. The number of nitrogen functional groups attached to an aromatic ring is 1. The molecule has 0 amide bonds. The van der Waals surface area contributed by atoms with Crippen molar-refractivity contribution in [3.05, 3.63) is 64.8 Å². The number of aromatic amines is 1. The summed E-state index contributed by atoms with van der Waals surface area (Å²) >= 11 is 5.80. The molecule has 23 heavy (non-hydrogen) atoms. The summed E-state index contributed by atoms with van der Waals surface area (Å²) in [5.74, 6) is -0.903. The van der Waals surface area contributed by atoms with Crippen molar-refractivity contribution in [2.45, 2.75) is 0 Å². The Bertz CT molecular complexity index is 902. The lowest BCUT2D eigenvalue weighted by Crippen LogP contribution is -2.14. The fraction of sp³-hybridized carbons (Fsp3) is 0.0588. The van der Waals surface area contributed by atoms with E-state index in [0.717, 1.165) is 10.9 Å². The first kappa shape index (κ1) is 15.1. The van der Waals surface area contributed by atoms with Gasteiger partial charge in [0.05, 0.1) is 16.3 Å². The van der Waals surface area contributed by atoms with E-state index in [4.69, 9.17) is 22.1 Å². The second-order valence-corrected chi connectivity index (χ2v) is 5.39. The molecule has 0 bridgehead atoms. The number of ketones is 1. The number of benzene rings is 2. The number of halogens is 1. The number of carbonyl (C=O) groups is 2. The number of H-pyrrole nitrogens is 1. The number of hydrogen-bond acceptors (Lipinski definition) is 4. The Morgan fingerprint density at radius 3 is 2.74 bits per heavy atom. The maximum atomic E-state index is 12.2. The van der Waals surface area contributed by atoms with E-state index in [-0.39, 0.29) is 23.6 Å². The Labute approximate surface area is 137 Å². The molecule has 0 saturated carbocycles. The molecule has 3 rings (SSSR count). The van der Waals surface area contributed by atoms with Gasteiger partial charge in [-0.25, -0.2) is 4.79 Å². The first-order valence-electron chi connectivity index (χ1n) is 6.87. The number of fused-ring (bicyclic) bond motifs is 1. The molecule has 3 N–H and O–H groups in total. The Balaban J connectivity index is 1.71. The molecular formula is C17H13ClN2O3. The molecule has 0 aliphatic heterocycles. The third kappa shape index (κ3) is 3.05. The number of nitrogens with two attached hydrogens (primary N) is 1. The zero-order valence-corrected chi connectivity index (χ0v) is 12.8. The van der Waals surface area contributed by atoms with Crippen molar-refractivity contribution < 1.29 is 14.3 Å². The quantitative estimate of drug-likeness (QED) is 0.436. The number of anilines is 1. The molecule has 0 spiro atoms. The van der Waals surface area contributed by atoms with Crippen LogP contribution in [0.25, 0.3) is 10.9 Å². The van der Waals surface area contributed by atoms with E-state index in [2.05, 4.69) is 4.98 Å². The van der Waals surface area contributed by atoms with Crippen LogP contribution in [0.4, 0.5) is 5.69 Å². The zero-order chi connectivity index (χ0) is 16.4. The van der Waals surface area contributed by atoms with Crippen molar-refractivity contribution in [3.8, 4) is 0 Å². The summed E-state index contributed by atoms with van der Waals surface area (Å²) in [4.78, 5) is 27.2. The summed E-state index contributed by atoms with van der Waals surface area (Å²) in [6.07, 6.45) is 1.61. The second-order valence-electron chi connectivity index (χ2n) is 4.98. The molecule has 0 saturated heterocycles. The normalized spacial score (nSPS) is 10.7. The lowest BCUT2D eigenvalue weighted by atomic mass is 10.1. The van der Waals surface area contributed by atoms with Gasteiger partial charge in [0.1, 0.15) is 0 Å². The van der Waals surface area contributed by atoms with Crippen LogP contribution < -0.4 is 5.73 Å². The molecule has 0 unspecified atom stereocenters. The summed E-state index contributed by atoms with van der Waals surface area (Å²) in [6, 6.07) is 11.8. The molecular weight excluding hydrogens is 316 g/mol. The summed E-state index contributed by atoms with van der Waals surface area (Å²) in [7, 11) is 0. The van der Waals surface area contributed by atoms with E-state index in [9.17, 15) is 9.59 Å². The molecule has 3 aromatic rings. The van der Waals surface area contributed by atoms with Crippen LogP contribution in [0.5, 0.6) is 0 Å². The molecule has 0 atom stereocenters. The lowest BCUT2D eigenvalue weighted by molar-refractivity contribution is 0.0475. The summed E-state index contributed by atoms with van der Waals surface area (Å²) in [5, 5.41) is 1.15. The summed E-state index contributed by atoms with van der Waals surface area (Å²) in [6.45, 7) is -0.344. The van der Waals surface area contributed by atoms with Gasteiger partial charge in [-0.05, 0) is 24.3 Å². The van der Waals surface area contributed by atoms with E-state index >= 15 is 0 Å². The van der Waals surface area contributed by atoms with Gasteiger partial charge in [0.15, 0.2) is 6.61 Å². The number of aromatic nitrogens is 1. The molecule has 1 aromatic heterocycles. The minimum Gasteiger partial charge on any atom is -0.454 e. The molecule has 1 heterocycles. The highest BCUT2D eigenvalue weighted by molar-refractivity contribution is 6.33. The van der Waals surface area contributed by atoms with Crippen molar-refractivity contribution in [2.24, 2.45) is 0 Å². The SMILES string of the molecule is Nc1cc(C(=O)OCC(=O)c2c[nH]c3ccccc23)ccc1Cl. The van der Waals surface area contributed by atoms with Crippen LogP contribution in [-0.4, -0.2) is 23.3 Å². The topological polar surface area (TPSA) is 85.2 Å². The predicted octanol–water partition coefficient (Wildman–Crippen LogP) is 3.44. The Morgan fingerprint density at radius 1 is 1.17 bits per heavy atom. The van der Waals surface area contributed by atoms with Crippen LogP contribution in [0.2, 0.25) is 5.02 Å². The van der Waals surface area contributed by atoms with Gasteiger partial charge in [0.25, 0.3) is 0 Å². The van der Waals surface area contributed by atoms with Gasteiger partial charge >= 0.3 is 5.97 Å². The molecule has 0 fully saturated rings. The second kappa shape index (κ2) is 6.14. The van der Waals surface area contributed by atoms with Crippen LogP contribution in [0.3, 0.4) is 0 Å². The van der Waals surface area contributed by atoms with Crippen LogP contribution in [0.1, 0.15) is 20.7 Å². The van der Waals surface area contributed by atoms with Crippen LogP contribution in [0, 0.1) is 0 Å². The maximum Gasteiger partial charge on any atom is 0.338 e. The third-order valence-corrected chi connectivity index (χ3v) is 3.80. The van der Waals surface area contributed by atoms with Crippen molar-refractivity contribution in [1.29, 1.82) is 0 Å². The fourth-order valence-electron chi connectivity index (χ4n) is 2.27. The predicted molar refractivity (Wildman–Crippen MR) is 88.8 cm³/mol. The van der Waals surface area contributed by atoms with E-state index < -0.39 is 5.97 Å². The highest BCUT2D eigenvalue weighted by Crippen LogP contribution is 2.21. The zero-order valence-electron chi connectivity index (χ0n) is 12.0. The molecule has 5 nitrogen and oxygen atoms in total. The Morgan fingerprint density at radius 2 is 1.96 bits per heavy atom. The number of carbonyl (C=O) groups excluding carboxylic acids is 2. The molecule has 6 heteroatoms. The van der Waals surface area contributed by atoms with E-state index in [1.165, 1.54) is 18.2 Å². The fourth-order valence-corrected chi connectivity index (χ4v) is 2.38. The number of Topliss-reactive ketones (excluding diaryl/α,β-unsaturated/α-hetero) is 1. The average molecular weight is 329 g/mol. The lowest BCUT2D eigenvalue weighted by Gasteiger charge is -2.05. The van der Waals surface area contributed by atoms with Crippen LogP contribution >= 0.6 is 11.6 Å². The van der Waals surface area contributed by atoms with E-state index in [1.807, 2.05) is 24.3 Å². The molecule has 116 valence electrons. The largest absolute Gasteiger partial charge is 0.454 e. The number of ether oxygens (including phenoxy) is 1.